The standard InChI is InChI=1S/C6H11.Pb/c1-4-5-6(2)3;/h1,4,6H,5H2,2-3H3;. The van der Waals surface area contributed by atoms with Gasteiger partial charge in [-0.2, -0.15) is 0 Å². The molecule has 0 bridgehead atoms. The molecule has 0 amide bonds. The number of hydrogen-bond acceptors (Lipinski definition) is 0. The monoisotopic (exact) mass is 291 g/mol. The van der Waals surface area contributed by atoms with Gasteiger partial charge in [-0.05, 0) is 0 Å². The molecule has 0 aliphatic carbocycles. The Morgan fingerprint density at radius 2 is 2.14 bits per heavy atom. The average Bonchev–Trinajstić information content (AvgIpc) is 1.61. The van der Waals surface area contributed by atoms with E-state index in [-0.39, 0.29) is 0 Å². The third-order valence-corrected chi connectivity index (χ3v) is 1.64. The minimum atomic E-state index is 0.838. The molecule has 0 spiro atoms. The number of allylic oxidation sites excluding steroid dienone is 1. The molecule has 3 radical (unpaired) electrons. The van der Waals surface area contributed by atoms with Gasteiger partial charge in [-0.25, -0.2) is 0 Å². The SMILES string of the molecule is CC(C)CC=[CH][Pb]. The fraction of sp³-hybridized carbons (Fsp3) is 0.667. The van der Waals surface area contributed by atoms with Crippen molar-refractivity contribution in [3.63, 3.8) is 0 Å². The summed E-state index contributed by atoms with van der Waals surface area (Å²) in [6.07, 6.45) is 3.51. The maximum absolute atomic E-state index is 2.26. The van der Waals surface area contributed by atoms with Crippen LogP contribution in [0.2, 0.25) is 0 Å². The Morgan fingerprint density at radius 1 is 1.57 bits per heavy atom. The molecule has 0 unspecified atom stereocenters. The fourth-order valence-electron chi connectivity index (χ4n) is 0.340. The average molecular weight is 290 g/mol. The topological polar surface area (TPSA) is 0 Å². The first kappa shape index (κ1) is 7.66. The summed E-state index contributed by atoms with van der Waals surface area (Å²) in [7, 11) is 0. The van der Waals surface area contributed by atoms with Gasteiger partial charge in [0.05, 0.1) is 0 Å². The Balaban J connectivity index is 2.97. The van der Waals surface area contributed by atoms with Gasteiger partial charge < -0.3 is 0 Å². The van der Waals surface area contributed by atoms with E-state index in [1.165, 1.54) is 32.2 Å². The van der Waals surface area contributed by atoms with Crippen LogP contribution < -0.4 is 0 Å². The second kappa shape index (κ2) is 4.81. The van der Waals surface area contributed by atoms with E-state index in [1.54, 1.807) is 0 Å². The van der Waals surface area contributed by atoms with Crippen LogP contribution in [0.4, 0.5) is 0 Å². The normalized spacial score (nSPS) is 11.4. The Morgan fingerprint density at radius 3 is 2.29 bits per heavy atom. The van der Waals surface area contributed by atoms with Crippen LogP contribution in [0, 0.1) is 5.92 Å². The molecule has 39 valence electrons. The van der Waals surface area contributed by atoms with E-state index < -0.39 is 0 Å². The molecule has 0 aliphatic rings. The molecule has 0 aromatic rings. The summed E-state index contributed by atoms with van der Waals surface area (Å²) in [5.74, 6) is 0.838. The summed E-state index contributed by atoms with van der Waals surface area (Å²) in [5.41, 5.74) is 0. The maximum atomic E-state index is 2.26. The van der Waals surface area contributed by atoms with Crippen molar-refractivity contribution in [3.05, 3.63) is 9.71 Å². The van der Waals surface area contributed by atoms with Crippen LogP contribution in [0.5, 0.6) is 0 Å². The number of rotatable bonds is 2. The molecular weight excluding hydrogens is 279 g/mol. The van der Waals surface area contributed by atoms with Gasteiger partial charge in [0.25, 0.3) is 0 Å². The van der Waals surface area contributed by atoms with Crippen LogP contribution in [0.25, 0.3) is 0 Å². The van der Waals surface area contributed by atoms with E-state index in [1.807, 2.05) is 0 Å². The molecule has 0 saturated carbocycles. The Kier molecular flexibility index (Phi) is 5.27. The Labute approximate surface area is 61.7 Å². The Bertz CT molecular complexity index is 55.2. The van der Waals surface area contributed by atoms with E-state index in [2.05, 4.69) is 23.6 Å². The first-order valence-electron chi connectivity index (χ1n) is 2.59. The molecule has 0 N–H and O–H groups in total. The van der Waals surface area contributed by atoms with Crippen LogP contribution in [0.3, 0.4) is 0 Å². The van der Waals surface area contributed by atoms with E-state index in [4.69, 9.17) is 0 Å². The van der Waals surface area contributed by atoms with Gasteiger partial charge in [0.1, 0.15) is 0 Å². The molecule has 0 nitrogen and oxygen atoms in total. The molecule has 0 aromatic carbocycles. The minimum absolute atomic E-state index is 0.838. The van der Waals surface area contributed by atoms with Crippen LogP contribution in [0.15, 0.2) is 9.71 Å². The summed E-state index contributed by atoms with van der Waals surface area (Å²) < 4.78 is 2.24. The van der Waals surface area contributed by atoms with Crippen LogP contribution >= 0.6 is 0 Å². The quantitative estimate of drug-likeness (QED) is 0.679. The summed E-state index contributed by atoms with van der Waals surface area (Å²) in [6.45, 7) is 4.48. The van der Waals surface area contributed by atoms with Gasteiger partial charge >= 0.3 is 61.7 Å². The first-order chi connectivity index (χ1) is 3.27. The summed E-state index contributed by atoms with van der Waals surface area (Å²) in [5, 5.41) is 0. The second-order valence-corrected chi connectivity index (χ2v) is 3.33. The molecular formula is C6H11Pb. The third-order valence-electron chi connectivity index (χ3n) is 0.725. The Hall–Kier alpha value is 0.662. The molecule has 0 fully saturated rings. The van der Waals surface area contributed by atoms with Crippen molar-refractivity contribution < 1.29 is 0 Å². The number of hydrogen-bond donors (Lipinski definition) is 0. The van der Waals surface area contributed by atoms with Crippen LogP contribution in [-0.2, 0) is 0 Å². The van der Waals surface area contributed by atoms with Crippen molar-refractivity contribution in [1.82, 2.24) is 0 Å². The zero-order valence-electron chi connectivity index (χ0n) is 4.94. The second-order valence-electron chi connectivity index (χ2n) is 2.03. The van der Waals surface area contributed by atoms with E-state index >= 15 is 0 Å². The summed E-state index contributed by atoms with van der Waals surface area (Å²) in [6, 6.07) is 0. The molecule has 0 heterocycles. The molecule has 0 saturated heterocycles. The fourth-order valence-corrected chi connectivity index (χ4v) is 0.869. The summed E-state index contributed by atoms with van der Waals surface area (Å²) >= 11 is 1.21. The first-order valence-corrected chi connectivity index (χ1v) is 4.84. The molecule has 1 heteroatoms. The van der Waals surface area contributed by atoms with Crippen molar-refractivity contribution in [2.45, 2.75) is 20.3 Å². The predicted molar refractivity (Wildman–Crippen MR) is 34.3 cm³/mol. The molecule has 0 aromatic heterocycles. The molecule has 0 rings (SSSR count). The zero-order valence-corrected chi connectivity index (χ0v) is 8.83. The molecule has 0 atom stereocenters. The van der Waals surface area contributed by atoms with Gasteiger partial charge in [-0.3, -0.25) is 0 Å². The van der Waals surface area contributed by atoms with Gasteiger partial charge in [0, 0.05) is 0 Å². The van der Waals surface area contributed by atoms with Crippen molar-refractivity contribution >= 4 is 25.8 Å². The van der Waals surface area contributed by atoms with Gasteiger partial charge in [0.15, 0.2) is 0 Å². The van der Waals surface area contributed by atoms with Crippen molar-refractivity contribution in [3.8, 4) is 0 Å². The van der Waals surface area contributed by atoms with E-state index in [0.717, 1.165) is 5.92 Å². The van der Waals surface area contributed by atoms with Gasteiger partial charge in [0.2, 0.25) is 0 Å². The van der Waals surface area contributed by atoms with Crippen molar-refractivity contribution in [2.75, 3.05) is 0 Å². The van der Waals surface area contributed by atoms with E-state index in [0.29, 0.717) is 0 Å². The molecule has 7 heavy (non-hydrogen) atoms. The predicted octanol–water partition coefficient (Wildman–Crippen LogP) is 1.71. The van der Waals surface area contributed by atoms with Crippen molar-refractivity contribution in [1.29, 1.82) is 0 Å². The van der Waals surface area contributed by atoms with E-state index in [9.17, 15) is 0 Å². The van der Waals surface area contributed by atoms with Gasteiger partial charge in [-0.1, -0.05) is 0 Å². The van der Waals surface area contributed by atoms with Crippen LogP contribution in [0.1, 0.15) is 20.3 Å². The zero-order chi connectivity index (χ0) is 5.70. The molecule has 0 aliphatic heterocycles. The van der Waals surface area contributed by atoms with Crippen molar-refractivity contribution in [2.24, 2.45) is 5.92 Å². The third kappa shape index (κ3) is 6.66. The van der Waals surface area contributed by atoms with Gasteiger partial charge in [-0.15, -0.1) is 0 Å². The summed E-state index contributed by atoms with van der Waals surface area (Å²) in [4.78, 5) is 0. The van der Waals surface area contributed by atoms with Crippen LogP contribution in [-0.4, -0.2) is 25.8 Å².